The molecular weight excluding hydrogens is 278 g/mol. The molecule has 1 heterocycles. The molecule has 0 saturated carbocycles. The number of rotatable bonds is 4. The molecule has 7 heteroatoms. The number of amides is 2. The monoisotopic (exact) mass is 291 g/mol. The SMILES string of the molecule is Cc1csc(NC(=O)Nc2cccc(CC(=O)O)c2)n1. The summed E-state index contributed by atoms with van der Waals surface area (Å²) in [6.45, 7) is 1.84. The number of nitrogens with zero attached hydrogens (tertiary/aromatic N) is 1. The zero-order valence-electron chi connectivity index (χ0n) is 10.7. The number of benzene rings is 1. The highest BCUT2D eigenvalue weighted by Crippen LogP contribution is 2.16. The number of carboxylic acid groups (broad SMARTS) is 1. The van der Waals surface area contributed by atoms with E-state index >= 15 is 0 Å². The maximum atomic E-state index is 11.8. The molecule has 2 aromatic rings. The maximum absolute atomic E-state index is 11.8. The number of hydrogen-bond donors (Lipinski definition) is 3. The molecule has 20 heavy (non-hydrogen) atoms. The normalized spacial score (nSPS) is 10.1. The molecule has 0 unspecified atom stereocenters. The van der Waals surface area contributed by atoms with Crippen molar-refractivity contribution in [3.8, 4) is 0 Å². The van der Waals surface area contributed by atoms with Gasteiger partial charge in [-0.15, -0.1) is 11.3 Å². The molecule has 6 nitrogen and oxygen atoms in total. The average molecular weight is 291 g/mol. The number of hydrogen-bond acceptors (Lipinski definition) is 4. The first-order valence-corrected chi connectivity index (χ1v) is 6.72. The van der Waals surface area contributed by atoms with Crippen LogP contribution in [-0.4, -0.2) is 22.1 Å². The van der Waals surface area contributed by atoms with Crippen LogP contribution in [0.2, 0.25) is 0 Å². The van der Waals surface area contributed by atoms with Gasteiger partial charge < -0.3 is 10.4 Å². The van der Waals surface area contributed by atoms with E-state index in [0.717, 1.165) is 5.69 Å². The first kappa shape index (κ1) is 14.0. The van der Waals surface area contributed by atoms with Crippen molar-refractivity contribution < 1.29 is 14.7 Å². The fourth-order valence-corrected chi connectivity index (χ4v) is 2.29. The van der Waals surface area contributed by atoms with Gasteiger partial charge >= 0.3 is 12.0 Å². The first-order chi connectivity index (χ1) is 9.52. The van der Waals surface area contributed by atoms with Gasteiger partial charge in [0.2, 0.25) is 0 Å². The largest absolute Gasteiger partial charge is 0.481 e. The van der Waals surface area contributed by atoms with Crippen LogP contribution in [0.25, 0.3) is 0 Å². The molecule has 0 atom stereocenters. The Kier molecular flexibility index (Phi) is 4.31. The highest BCUT2D eigenvalue weighted by atomic mass is 32.1. The molecule has 3 N–H and O–H groups in total. The van der Waals surface area contributed by atoms with Gasteiger partial charge in [-0.2, -0.15) is 0 Å². The Morgan fingerprint density at radius 1 is 1.35 bits per heavy atom. The zero-order valence-corrected chi connectivity index (χ0v) is 11.5. The van der Waals surface area contributed by atoms with Gasteiger partial charge in [-0.05, 0) is 24.6 Å². The smallest absolute Gasteiger partial charge is 0.325 e. The van der Waals surface area contributed by atoms with Crippen LogP contribution in [0.3, 0.4) is 0 Å². The number of aliphatic carboxylic acids is 1. The zero-order chi connectivity index (χ0) is 14.5. The lowest BCUT2D eigenvalue weighted by atomic mass is 10.1. The molecular formula is C13H13N3O3S. The van der Waals surface area contributed by atoms with Gasteiger partial charge in [-0.1, -0.05) is 12.1 Å². The molecule has 0 saturated heterocycles. The minimum atomic E-state index is -0.912. The molecule has 0 spiro atoms. The fraction of sp³-hybridized carbons (Fsp3) is 0.154. The second kappa shape index (κ2) is 6.16. The van der Waals surface area contributed by atoms with E-state index in [1.807, 2.05) is 12.3 Å². The minimum Gasteiger partial charge on any atom is -0.481 e. The molecule has 0 fully saturated rings. The van der Waals surface area contributed by atoms with Gasteiger partial charge in [0.25, 0.3) is 0 Å². The Bertz CT molecular complexity index is 639. The van der Waals surface area contributed by atoms with Crippen LogP contribution in [0.15, 0.2) is 29.6 Å². The minimum absolute atomic E-state index is 0.0805. The lowest BCUT2D eigenvalue weighted by Crippen LogP contribution is -2.19. The summed E-state index contributed by atoms with van der Waals surface area (Å²) in [5, 5.41) is 16.3. The molecule has 0 bridgehead atoms. The van der Waals surface area contributed by atoms with Crippen LogP contribution in [0.4, 0.5) is 15.6 Å². The summed E-state index contributed by atoms with van der Waals surface area (Å²) in [6, 6.07) is 6.30. The third-order valence-electron chi connectivity index (χ3n) is 2.38. The van der Waals surface area contributed by atoms with E-state index in [1.165, 1.54) is 11.3 Å². The van der Waals surface area contributed by atoms with Crippen molar-refractivity contribution >= 4 is 34.2 Å². The standard InChI is InChI=1S/C13H13N3O3S/c1-8-7-20-13(14-8)16-12(19)15-10-4-2-3-9(5-10)6-11(17)18/h2-5,7H,6H2,1H3,(H,17,18)(H2,14,15,16,19). The van der Waals surface area contributed by atoms with Crippen LogP contribution < -0.4 is 10.6 Å². The molecule has 104 valence electrons. The Hall–Kier alpha value is -2.41. The number of carbonyl (C=O) groups excluding carboxylic acids is 1. The number of urea groups is 1. The lowest BCUT2D eigenvalue weighted by Gasteiger charge is -2.06. The Labute approximate surface area is 119 Å². The molecule has 0 aliphatic carbocycles. The Morgan fingerprint density at radius 2 is 2.15 bits per heavy atom. The number of aryl methyl sites for hydroxylation is 1. The van der Waals surface area contributed by atoms with Gasteiger partial charge in [0.1, 0.15) is 0 Å². The van der Waals surface area contributed by atoms with E-state index in [-0.39, 0.29) is 6.42 Å². The van der Waals surface area contributed by atoms with Crippen molar-refractivity contribution in [1.82, 2.24) is 4.98 Å². The van der Waals surface area contributed by atoms with Crippen LogP contribution in [-0.2, 0) is 11.2 Å². The van der Waals surface area contributed by atoms with Gasteiger partial charge in [0.05, 0.1) is 12.1 Å². The van der Waals surface area contributed by atoms with Crippen molar-refractivity contribution in [1.29, 1.82) is 0 Å². The van der Waals surface area contributed by atoms with Crippen molar-refractivity contribution in [3.05, 3.63) is 40.9 Å². The van der Waals surface area contributed by atoms with Crippen LogP contribution >= 0.6 is 11.3 Å². The topological polar surface area (TPSA) is 91.3 Å². The summed E-state index contributed by atoms with van der Waals surface area (Å²) in [4.78, 5) is 26.5. The number of nitrogens with one attached hydrogen (secondary N) is 2. The van der Waals surface area contributed by atoms with E-state index in [1.54, 1.807) is 24.3 Å². The van der Waals surface area contributed by atoms with Crippen molar-refractivity contribution in [3.63, 3.8) is 0 Å². The highest BCUT2D eigenvalue weighted by molar-refractivity contribution is 7.13. The highest BCUT2D eigenvalue weighted by Gasteiger charge is 2.06. The summed E-state index contributed by atoms with van der Waals surface area (Å²) in [5.41, 5.74) is 2.00. The Balaban J connectivity index is 1.98. The second-order valence-corrected chi connectivity index (χ2v) is 5.00. The van der Waals surface area contributed by atoms with E-state index in [0.29, 0.717) is 16.4 Å². The van der Waals surface area contributed by atoms with E-state index in [4.69, 9.17) is 5.11 Å². The summed E-state index contributed by atoms with van der Waals surface area (Å²) < 4.78 is 0. The van der Waals surface area contributed by atoms with Crippen molar-refractivity contribution in [2.45, 2.75) is 13.3 Å². The quantitative estimate of drug-likeness (QED) is 0.807. The summed E-state index contributed by atoms with van der Waals surface area (Å²) >= 11 is 1.34. The Morgan fingerprint density at radius 3 is 2.80 bits per heavy atom. The van der Waals surface area contributed by atoms with E-state index in [2.05, 4.69) is 15.6 Å². The van der Waals surface area contributed by atoms with Gasteiger partial charge in [0.15, 0.2) is 5.13 Å². The molecule has 2 rings (SSSR count). The maximum Gasteiger partial charge on any atom is 0.325 e. The van der Waals surface area contributed by atoms with Crippen LogP contribution in [0.1, 0.15) is 11.3 Å². The van der Waals surface area contributed by atoms with Crippen LogP contribution in [0.5, 0.6) is 0 Å². The van der Waals surface area contributed by atoms with Gasteiger partial charge in [-0.3, -0.25) is 10.1 Å². The third kappa shape index (κ3) is 4.06. The molecule has 0 aliphatic heterocycles. The van der Waals surface area contributed by atoms with Gasteiger partial charge in [-0.25, -0.2) is 9.78 Å². The fourth-order valence-electron chi connectivity index (χ4n) is 1.60. The van der Waals surface area contributed by atoms with Crippen LogP contribution in [0, 0.1) is 6.92 Å². The van der Waals surface area contributed by atoms with Gasteiger partial charge in [0, 0.05) is 11.1 Å². The van der Waals surface area contributed by atoms with Crippen molar-refractivity contribution in [2.24, 2.45) is 0 Å². The number of carbonyl (C=O) groups is 2. The molecule has 0 radical (unpaired) electrons. The number of carboxylic acids is 1. The first-order valence-electron chi connectivity index (χ1n) is 5.84. The number of thiazole rings is 1. The molecule has 0 aliphatic rings. The molecule has 2 amide bonds. The summed E-state index contributed by atoms with van der Waals surface area (Å²) in [6.07, 6.45) is -0.0805. The summed E-state index contributed by atoms with van der Waals surface area (Å²) in [5.74, 6) is -0.912. The number of aromatic nitrogens is 1. The van der Waals surface area contributed by atoms with E-state index < -0.39 is 12.0 Å². The molecule has 1 aromatic carbocycles. The molecule has 1 aromatic heterocycles. The lowest BCUT2D eigenvalue weighted by molar-refractivity contribution is -0.136. The number of anilines is 2. The third-order valence-corrected chi connectivity index (χ3v) is 3.26. The second-order valence-electron chi connectivity index (χ2n) is 4.14. The predicted molar refractivity (Wildman–Crippen MR) is 77.3 cm³/mol. The average Bonchev–Trinajstić information content (AvgIpc) is 2.74. The van der Waals surface area contributed by atoms with Crippen molar-refractivity contribution in [2.75, 3.05) is 10.6 Å². The summed E-state index contributed by atoms with van der Waals surface area (Å²) in [7, 11) is 0. The predicted octanol–water partition coefficient (Wildman–Crippen LogP) is 2.72. The van der Waals surface area contributed by atoms with E-state index in [9.17, 15) is 9.59 Å².